The topological polar surface area (TPSA) is 55.1 Å². The molecule has 1 aromatic heterocycles. The molecule has 0 radical (unpaired) electrons. The second-order valence-corrected chi connectivity index (χ2v) is 5.18. The highest BCUT2D eigenvalue weighted by Gasteiger charge is 2.15. The van der Waals surface area contributed by atoms with E-state index in [0.29, 0.717) is 27.9 Å². The average Bonchev–Trinajstić information content (AvgIpc) is 2.72. The summed E-state index contributed by atoms with van der Waals surface area (Å²) in [7, 11) is 0. The Bertz CT molecular complexity index is 583. The molecule has 1 heterocycles. The Kier molecular flexibility index (Phi) is 4.27. The second kappa shape index (κ2) is 5.73. The first kappa shape index (κ1) is 13.4. The van der Waals surface area contributed by atoms with Gasteiger partial charge in [0.15, 0.2) is 5.16 Å². The van der Waals surface area contributed by atoms with E-state index in [9.17, 15) is 4.79 Å². The van der Waals surface area contributed by atoms with Crippen LogP contribution in [-0.4, -0.2) is 32.9 Å². The number of nitrogens with zero attached hydrogens (tertiary/aromatic N) is 2. The summed E-state index contributed by atoms with van der Waals surface area (Å²) >= 11 is 7.28. The molecule has 0 amide bonds. The Morgan fingerprint density at radius 2 is 2.33 bits per heavy atom. The van der Waals surface area contributed by atoms with Crippen LogP contribution in [-0.2, 0) is 0 Å². The van der Waals surface area contributed by atoms with Gasteiger partial charge in [0.2, 0.25) is 5.91 Å². The highest BCUT2D eigenvalue weighted by atomic mass is 35.5. The molecule has 4 nitrogen and oxygen atoms in total. The minimum Gasteiger partial charge on any atom is -0.396 e. The van der Waals surface area contributed by atoms with Gasteiger partial charge >= 0.3 is 0 Å². The standard InChI is InChI=1S/C12H13ClN2O2S/c1-2-11(17)15-10-4-3-8(13)7-9(10)14-12(15)18-6-5-16/h3-4,7,16H,2,5-6H2,1H3. The Morgan fingerprint density at radius 3 is 3.00 bits per heavy atom. The summed E-state index contributed by atoms with van der Waals surface area (Å²) in [6, 6.07) is 5.27. The number of fused-ring (bicyclic) bond motifs is 1. The monoisotopic (exact) mass is 284 g/mol. The van der Waals surface area contributed by atoms with Gasteiger partial charge in [-0.25, -0.2) is 4.98 Å². The van der Waals surface area contributed by atoms with Crippen LogP contribution >= 0.6 is 23.4 Å². The smallest absolute Gasteiger partial charge is 0.232 e. The number of hydrogen-bond donors (Lipinski definition) is 1. The number of benzene rings is 1. The molecule has 2 aromatic rings. The summed E-state index contributed by atoms with van der Waals surface area (Å²) < 4.78 is 1.59. The van der Waals surface area contributed by atoms with Gasteiger partial charge in [0.1, 0.15) is 0 Å². The number of carbonyl (C=O) groups is 1. The third kappa shape index (κ3) is 2.53. The van der Waals surface area contributed by atoms with Crippen LogP contribution < -0.4 is 0 Å². The molecular weight excluding hydrogens is 272 g/mol. The Balaban J connectivity index is 2.56. The van der Waals surface area contributed by atoms with Crippen LogP contribution in [0.2, 0.25) is 5.02 Å². The molecule has 0 spiro atoms. The summed E-state index contributed by atoms with van der Waals surface area (Å²) in [4.78, 5) is 16.4. The van der Waals surface area contributed by atoms with E-state index in [-0.39, 0.29) is 12.5 Å². The zero-order chi connectivity index (χ0) is 13.1. The van der Waals surface area contributed by atoms with Gasteiger partial charge in [-0.15, -0.1) is 0 Å². The summed E-state index contributed by atoms with van der Waals surface area (Å²) in [6.07, 6.45) is 0.404. The molecule has 18 heavy (non-hydrogen) atoms. The number of carbonyl (C=O) groups excluding carboxylic acids is 1. The fourth-order valence-electron chi connectivity index (χ4n) is 1.66. The number of aromatic nitrogens is 2. The SMILES string of the molecule is CCC(=O)n1c(SCCO)nc2cc(Cl)ccc21. The Hall–Kier alpha value is -1.04. The molecule has 1 N–H and O–H groups in total. The molecule has 0 saturated heterocycles. The molecule has 0 atom stereocenters. The van der Waals surface area contributed by atoms with Crippen LogP contribution in [0.3, 0.4) is 0 Å². The minimum absolute atomic E-state index is 0.0136. The minimum atomic E-state index is -0.0136. The van der Waals surface area contributed by atoms with Crippen molar-refractivity contribution in [1.82, 2.24) is 9.55 Å². The van der Waals surface area contributed by atoms with Gasteiger partial charge in [-0.1, -0.05) is 30.3 Å². The molecule has 0 saturated carbocycles. The lowest BCUT2D eigenvalue weighted by molar-refractivity contribution is 0.0903. The fourth-order valence-corrected chi connectivity index (χ4v) is 2.60. The number of aliphatic hydroxyl groups excluding tert-OH is 1. The zero-order valence-electron chi connectivity index (χ0n) is 9.89. The van der Waals surface area contributed by atoms with Crippen LogP contribution in [0.5, 0.6) is 0 Å². The average molecular weight is 285 g/mol. The number of halogens is 1. The van der Waals surface area contributed by atoms with Gasteiger partial charge < -0.3 is 5.11 Å². The number of rotatable bonds is 4. The fraction of sp³-hybridized carbons (Fsp3) is 0.333. The van der Waals surface area contributed by atoms with Crippen molar-refractivity contribution in [1.29, 1.82) is 0 Å². The van der Waals surface area contributed by atoms with E-state index in [1.807, 2.05) is 6.92 Å². The molecule has 0 bridgehead atoms. The Labute approximate surface area is 114 Å². The first-order valence-corrected chi connectivity index (χ1v) is 6.98. The lowest BCUT2D eigenvalue weighted by Crippen LogP contribution is -2.10. The summed E-state index contributed by atoms with van der Waals surface area (Å²) in [6.45, 7) is 1.86. The van der Waals surface area contributed by atoms with Gasteiger partial charge in [-0.05, 0) is 18.2 Å². The molecule has 0 aliphatic rings. The van der Waals surface area contributed by atoms with E-state index in [0.717, 1.165) is 5.52 Å². The maximum Gasteiger partial charge on any atom is 0.232 e. The van der Waals surface area contributed by atoms with Crippen molar-refractivity contribution in [2.24, 2.45) is 0 Å². The van der Waals surface area contributed by atoms with Crippen molar-refractivity contribution in [3.63, 3.8) is 0 Å². The van der Waals surface area contributed by atoms with Crippen molar-refractivity contribution >= 4 is 40.3 Å². The second-order valence-electron chi connectivity index (χ2n) is 3.68. The van der Waals surface area contributed by atoms with Crippen molar-refractivity contribution in [2.75, 3.05) is 12.4 Å². The first-order valence-electron chi connectivity index (χ1n) is 5.62. The summed E-state index contributed by atoms with van der Waals surface area (Å²) in [5, 5.41) is 10.1. The number of thioether (sulfide) groups is 1. The van der Waals surface area contributed by atoms with E-state index in [1.54, 1.807) is 22.8 Å². The van der Waals surface area contributed by atoms with Gasteiger partial charge in [0, 0.05) is 17.2 Å². The third-order valence-electron chi connectivity index (χ3n) is 2.46. The molecule has 0 aliphatic carbocycles. The van der Waals surface area contributed by atoms with Crippen molar-refractivity contribution < 1.29 is 9.90 Å². The normalized spacial score (nSPS) is 11.1. The predicted molar refractivity (Wildman–Crippen MR) is 73.5 cm³/mol. The van der Waals surface area contributed by atoms with E-state index >= 15 is 0 Å². The Morgan fingerprint density at radius 1 is 1.56 bits per heavy atom. The quantitative estimate of drug-likeness (QED) is 0.877. The van der Waals surface area contributed by atoms with E-state index in [1.165, 1.54) is 11.8 Å². The lowest BCUT2D eigenvalue weighted by Gasteiger charge is -2.04. The van der Waals surface area contributed by atoms with Crippen LogP contribution in [0, 0.1) is 0 Å². The number of aliphatic hydroxyl groups is 1. The lowest BCUT2D eigenvalue weighted by atomic mass is 10.3. The van der Waals surface area contributed by atoms with Crippen LogP contribution in [0.25, 0.3) is 11.0 Å². The van der Waals surface area contributed by atoms with Gasteiger partial charge in [0.05, 0.1) is 17.6 Å². The van der Waals surface area contributed by atoms with Crippen molar-refractivity contribution in [3.8, 4) is 0 Å². The predicted octanol–water partition coefficient (Wildman–Crippen LogP) is 2.82. The van der Waals surface area contributed by atoms with Crippen LogP contribution in [0.15, 0.2) is 23.4 Å². The molecule has 1 aromatic carbocycles. The van der Waals surface area contributed by atoms with E-state index in [4.69, 9.17) is 16.7 Å². The van der Waals surface area contributed by atoms with E-state index in [2.05, 4.69) is 4.98 Å². The summed E-state index contributed by atoms with van der Waals surface area (Å²) in [5.41, 5.74) is 1.46. The first-order chi connectivity index (χ1) is 8.67. The van der Waals surface area contributed by atoms with Crippen molar-refractivity contribution in [2.45, 2.75) is 18.5 Å². The molecule has 0 fully saturated rings. The zero-order valence-corrected chi connectivity index (χ0v) is 11.5. The molecular formula is C12H13ClN2O2S. The number of hydrogen-bond acceptors (Lipinski definition) is 4. The molecule has 96 valence electrons. The van der Waals surface area contributed by atoms with Gasteiger partial charge in [-0.3, -0.25) is 9.36 Å². The van der Waals surface area contributed by atoms with Crippen molar-refractivity contribution in [3.05, 3.63) is 23.2 Å². The molecule has 6 heteroatoms. The highest BCUT2D eigenvalue weighted by Crippen LogP contribution is 2.26. The maximum atomic E-state index is 12.0. The van der Waals surface area contributed by atoms with Crippen LogP contribution in [0.4, 0.5) is 0 Å². The molecule has 0 unspecified atom stereocenters. The summed E-state index contributed by atoms with van der Waals surface area (Å²) in [5.74, 6) is 0.494. The molecule has 0 aliphatic heterocycles. The van der Waals surface area contributed by atoms with Crippen LogP contribution in [0.1, 0.15) is 18.1 Å². The van der Waals surface area contributed by atoms with Gasteiger partial charge in [-0.2, -0.15) is 0 Å². The molecule has 2 rings (SSSR count). The number of imidazole rings is 1. The maximum absolute atomic E-state index is 12.0. The van der Waals surface area contributed by atoms with E-state index < -0.39 is 0 Å². The van der Waals surface area contributed by atoms with Gasteiger partial charge in [0.25, 0.3) is 0 Å². The largest absolute Gasteiger partial charge is 0.396 e. The highest BCUT2D eigenvalue weighted by molar-refractivity contribution is 7.99. The third-order valence-corrected chi connectivity index (χ3v) is 3.61.